The molecule has 14 aromatic rings. The molecule has 70 heavy (non-hydrogen) atoms. The highest BCUT2D eigenvalue weighted by Gasteiger charge is 2.38. The molecular weight excluding hydrogens is 849 g/mol. The summed E-state index contributed by atoms with van der Waals surface area (Å²) < 4.78 is 0. The van der Waals surface area contributed by atoms with Gasteiger partial charge >= 0.3 is 0 Å². The van der Waals surface area contributed by atoms with Gasteiger partial charge in [0.05, 0.1) is 0 Å². The van der Waals surface area contributed by atoms with Crippen LogP contribution in [0.25, 0.3) is 140 Å². The number of hydrogen-bond acceptors (Lipinski definition) is 2. The molecule has 0 atom stereocenters. The molecule has 0 saturated carbocycles. The normalized spacial score (nSPS) is 14.8. The largest absolute Gasteiger partial charge is 0.285 e. The van der Waals surface area contributed by atoms with Gasteiger partial charge in [-0.05, 0) is 245 Å². The average Bonchev–Trinajstić information content (AvgIpc) is 3.25. The molecule has 0 aromatic heterocycles. The van der Waals surface area contributed by atoms with Gasteiger partial charge < -0.3 is 0 Å². The average molecular weight is 913 g/mol. The van der Waals surface area contributed by atoms with Gasteiger partial charge in [-0.15, -0.1) is 0 Å². The van der Waals surface area contributed by atoms with Gasteiger partial charge in [0.25, 0.3) is 0 Å². The molecule has 0 saturated heterocycles. The molecule has 0 amide bonds. The van der Waals surface area contributed by atoms with E-state index >= 15 is 9.59 Å². The summed E-state index contributed by atoms with van der Waals surface area (Å²) in [6.45, 7) is 42.1. The van der Waals surface area contributed by atoms with Gasteiger partial charge in [0.1, 0.15) is 0 Å². The first kappa shape index (κ1) is 42.7. The molecule has 14 aromatic carbocycles. The molecule has 0 aliphatic rings. The highest BCUT2D eigenvalue weighted by Crippen LogP contribution is 2.63. The van der Waals surface area contributed by atoms with Crippen molar-refractivity contribution in [3.63, 3.8) is 0 Å². The zero-order valence-corrected chi connectivity index (χ0v) is 44.6. The second-order valence-corrected chi connectivity index (χ2v) is 28.4. The zero-order valence-electron chi connectivity index (χ0n) is 44.6. The third-order valence-corrected chi connectivity index (χ3v) is 17.6. The highest BCUT2D eigenvalue weighted by molar-refractivity contribution is 6.62. The summed E-state index contributed by atoms with van der Waals surface area (Å²) in [5, 5.41) is 31.5. The highest BCUT2D eigenvalue weighted by atomic mass is 16.2. The summed E-state index contributed by atoms with van der Waals surface area (Å²) >= 11 is 0. The van der Waals surface area contributed by atoms with Crippen molar-refractivity contribution in [3.05, 3.63) is 114 Å². The van der Waals surface area contributed by atoms with Crippen molar-refractivity contribution >= 4 is 140 Å². The SMILES string of the molecule is CC(C)(C)c1cc2c3cc(C(C)(C)C)cc4c5cc(C(C)(C)C)cc6c7c(C(C)(C)C)cc8c(=O)c(=O)c9cc(C(C)(C)C)c%10c%11cc(C(C)(C)C)cc%12c(c1)c2c1c(c34)c(c56)c2c7c8c9c%10c2c1c%12%11. The molecule has 0 N–H and O–H groups in total. The monoisotopic (exact) mass is 912 g/mol. The molecule has 0 radical (unpaired) electrons. The molecule has 2 nitrogen and oxygen atoms in total. The lowest BCUT2D eigenvalue weighted by atomic mass is 9.68. The summed E-state index contributed by atoms with van der Waals surface area (Å²) in [4.78, 5) is 30.4. The summed E-state index contributed by atoms with van der Waals surface area (Å²) in [6, 6.07) is 24.7. The third-order valence-electron chi connectivity index (χ3n) is 17.6. The Kier molecular flexibility index (Phi) is 7.30. The van der Waals surface area contributed by atoms with Crippen molar-refractivity contribution in [1.82, 2.24) is 0 Å². The van der Waals surface area contributed by atoms with E-state index in [1.54, 1.807) is 0 Å². The van der Waals surface area contributed by atoms with E-state index in [0.717, 1.165) is 32.7 Å². The minimum absolute atomic E-state index is 0.113. The van der Waals surface area contributed by atoms with Gasteiger partial charge in [-0.1, -0.05) is 125 Å². The molecule has 14 rings (SSSR count). The van der Waals surface area contributed by atoms with E-state index in [1.165, 1.54) is 130 Å². The molecule has 2 heteroatoms. The van der Waals surface area contributed by atoms with Crippen LogP contribution in [0.15, 0.2) is 70.3 Å². The minimum atomic E-state index is -0.383. The fraction of sp³-hybridized carbons (Fsp3) is 0.353. The molecule has 0 aliphatic carbocycles. The Morgan fingerprint density at radius 2 is 0.400 bits per heavy atom. The van der Waals surface area contributed by atoms with Crippen LogP contribution in [-0.2, 0) is 32.5 Å². The maximum atomic E-state index is 15.2. The second kappa shape index (κ2) is 12.0. The van der Waals surface area contributed by atoms with E-state index in [0.29, 0.717) is 10.8 Å². The van der Waals surface area contributed by atoms with E-state index in [2.05, 4.69) is 185 Å². The Labute approximate surface area is 409 Å². The summed E-state index contributed by atoms with van der Waals surface area (Å²) in [7, 11) is 0. The van der Waals surface area contributed by atoms with Crippen LogP contribution in [-0.4, -0.2) is 0 Å². The van der Waals surface area contributed by atoms with Gasteiger partial charge in [0.2, 0.25) is 10.9 Å². The lowest BCUT2D eigenvalue weighted by molar-refractivity contribution is 0.590. The van der Waals surface area contributed by atoms with Crippen molar-refractivity contribution in [2.45, 2.75) is 157 Å². The fourth-order valence-corrected chi connectivity index (χ4v) is 14.0. The minimum Gasteiger partial charge on any atom is -0.285 e. The van der Waals surface area contributed by atoms with E-state index in [9.17, 15) is 0 Å². The molecule has 0 unspecified atom stereocenters. The van der Waals surface area contributed by atoms with Crippen molar-refractivity contribution in [2.24, 2.45) is 0 Å². The first-order valence-corrected chi connectivity index (χ1v) is 25.9. The van der Waals surface area contributed by atoms with Crippen LogP contribution < -0.4 is 10.9 Å². The van der Waals surface area contributed by atoms with Crippen LogP contribution >= 0.6 is 0 Å². The molecule has 0 heterocycles. The first-order chi connectivity index (χ1) is 32.4. The zero-order chi connectivity index (χ0) is 49.7. The second-order valence-electron chi connectivity index (χ2n) is 28.4. The van der Waals surface area contributed by atoms with Gasteiger partial charge in [-0.3, -0.25) is 9.59 Å². The predicted octanol–water partition coefficient (Wildman–Crippen LogP) is 18.7. The van der Waals surface area contributed by atoms with Gasteiger partial charge in [-0.25, -0.2) is 0 Å². The maximum absolute atomic E-state index is 15.2. The van der Waals surface area contributed by atoms with E-state index in [4.69, 9.17) is 0 Å². The van der Waals surface area contributed by atoms with Crippen LogP contribution in [0.4, 0.5) is 0 Å². The van der Waals surface area contributed by atoms with Crippen molar-refractivity contribution in [2.75, 3.05) is 0 Å². The van der Waals surface area contributed by atoms with Crippen molar-refractivity contribution in [3.8, 4) is 0 Å². The smallest absolute Gasteiger partial charge is 0.234 e. The van der Waals surface area contributed by atoms with E-state index in [-0.39, 0.29) is 43.3 Å². The third kappa shape index (κ3) is 4.83. The van der Waals surface area contributed by atoms with Crippen LogP contribution in [0.5, 0.6) is 0 Å². The number of hydrogen-bond donors (Lipinski definition) is 0. The molecular formula is C68H64O2. The van der Waals surface area contributed by atoms with Crippen LogP contribution in [0.3, 0.4) is 0 Å². The summed E-state index contributed by atoms with van der Waals surface area (Å²) in [5.74, 6) is 0. The van der Waals surface area contributed by atoms with Gasteiger partial charge in [-0.2, -0.15) is 0 Å². The predicted molar refractivity (Wildman–Crippen MR) is 308 cm³/mol. The van der Waals surface area contributed by atoms with Crippen molar-refractivity contribution < 1.29 is 0 Å². The lowest BCUT2D eigenvalue weighted by Crippen LogP contribution is -2.26. The first-order valence-electron chi connectivity index (χ1n) is 25.9. The maximum Gasteiger partial charge on any atom is 0.234 e. The van der Waals surface area contributed by atoms with Crippen LogP contribution in [0, 0.1) is 0 Å². The standard InChI is InChI=1S/C68H64O2/c1-63(2,3)29-19-33-34-20-30(64(4,5)6)22-36-38-24-32(66(10,11)12)26-40-48(38)56-54(46(34)36)53-45(33)35(21-29)37-23-31(65(7,8)9)25-39-47(37)55(53)59-57-49(39)43(67(13,14)15)27-41-51(57)52-42(62(70)61(41)69)28-44(68(16,17)18)50(40)58(52)60(56)59/h19-28H,1-18H3. The van der Waals surface area contributed by atoms with E-state index < -0.39 is 0 Å². The Bertz CT molecular complexity index is 4440. The van der Waals surface area contributed by atoms with Crippen LogP contribution in [0.2, 0.25) is 0 Å². The number of rotatable bonds is 0. The lowest BCUT2D eigenvalue weighted by Gasteiger charge is -2.34. The van der Waals surface area contributed by atoms with Gasteiger partial charge in [0, 0.05) is 21.5 Å². The fourth-order valence-electron chi connectivity index (χ4n) is 14.0. The molecule has 0 spiro atoms. The van der Waals surface area contributed by atoms with Crippen molar-refractivity contribution in [1.29, 1.82) is 0 Å². The Morgan fingerprint density at radius 3 is 0.629 bits per heavy atom. The Hall–Kier alpha value is -6.12. The van der Waals surface area contributed by atoms with Crippen LogP contribution in [0.1, 0.15) is 158 Å². The Morgan fingerprint density at radius 1 is 0.200 bits per heavy atom. The van der Waals surface area contributed by atoms with Gasteiger partial charge in [0.15, 0.2) is 0 Å². The summed E-state index contributed by atoms with van der Waals surface area (Å²) in [5.41, 5.74) is 5.53. The quantitative estimate of drug-likeness (QED) is 0.0863. The number of benzene rings is 14. The Balaban J connectivity index is 1.51. The molecule has 0 fully saturated rings. The van der Waals surface area contributed by atoms with E-state index in [1.807, 2.05) is 0 Å². The summed E-state index contributed by atoms with van der Waals surface area (Å²) in [6.07, 6.45) is 0. The molecule has 348 valence electrons. The number of fused-ring (bicyclic) bond motifs is 5. The molecule has 0 bridgehead atoms. The topological polar surface area (TPSA) is 34.1 Å². The molecule has 0 aliphatic heterocycles.